The summed E-state index contributed by atoms with van der Waals surface area (Å²) in [5.41, 5.74) is -0.336. The van der Waals surface area contributed by atoms with Gasteiger partial charge in [0.1, 0.15) is 18.0 Å². The van der Waals surface area contributed by atoms with E-state index in [1.165, 1.54) is 24.8 Å². The van der Waals surface area contributed by atoms with Crippen molar-refractivity contribution in [3.63, 3.8) is 0 Å². The van der Waals surface area contributed by atoms with Crippen LogP contribution in [0.25, 0.3) is 0 Å². The van der Waals surface area contributed by atoms with Gasteiger partial charge in [-0.1, -0.05) is 6.07 Å². The van der Waals surface area contributed by atoms with Crippen molar-refractivity contribution in [3.05, 3.63) is 48.0 Å². The summed E-state index contributed by atoms with van der Waals surface area (Å²) in [5, 5.41) is 10.2. The van der Waals surface area contributed by atoms with Crippen molar-refractivity contribution in [2.24, 2.45) is 5.92 Å². The molecule has 1 saturated heterocycles. The third kappa shape index (κ3) is 4.83. The standard InChI is InChI=1S/C21H26F3N3O4S/c1-20(2,32(30,31)17-5-3-4-15(10-17)21(22,23)24)14-6-8-27(9-7-14)19(29)18(28)11-16-12-25-13-26-16/h3-5,10,12-14,18,28H,6-9,11H2,1-2H3,(H,25,26)/p+1/t18-/m0/s1. The average molecular weight is 475 g/mol. The molecule has 0 aliphatic carbocycles. The molecule has 0 saturated carbocycles. The molecule has 1 atom stereocenters. The van der Waals surface area contributed by atoms with Crippen molar-refractivity contribution in [2.75, 3.05) is 13.1 Å². The number of benzene rings is 1. The highest BCUT2D eigenvalue weighted by Gasteiger charge is 2.45. The fourth-order valence-corrected chi connectivity index (χ4v) is 5.92. The molecule has 32 heavy (non-hydrogen) atoms. The third-order valence-electron chi connectivity index (χ3n) is 6.25. The highest BCUT2D eigenvalue weighted by atomic mass is 32.2. The van der Waals surface area contributed by atoms with Gasteiger partial charge in [-0.05, 0) is 50.8 Å². The number of aromatic amines is 2. The second-order valence-corrected chi connectivity index (χ2v) is 11.1. The van der Waals surface area contributed by atoms with Gasteiger partial charge in [-0.25, -0.2) is 13.4 Å². The van der Waals surface area contributed by atoms with Crippen LogP contribution >= 0.6 is 0 Å². The quantitative estimate of drug-likeness (QED) is 0.670. The number of H-pyrrole nitrogens is 2. The molecular formula is C21H27F3N3O4S+. The van der Waals surface area contributed by atoms with E-state index in [2.05, 4.69) is 9.97 Å². The van der Waals surface area contributed by atoms with Crippen molar-refractivity contribution in [3.8, 4) is 0 Å². The predicted molar refractivity (Wildman–Crippen MR) is 109 cm³/mol. The lowest BCUT2D eigenvalue weighted by atomic mass is 9.85. The van der Waals surface area contributed by atoms with Crippen LogP contribution < -0.4 is 4.98 Å². The first-order valence-corrected chi connectivity index (χ1v) is 11.7. The van der Waals surface area contributed by atoms with Gasteiger partial charge in [0.25, 0.3) is 5.91 Å². The maximum atomic E-state index is 13.2. The molecule has 176 valence electrons. The zero-order valence-electron chi connectivity index (χ0n) is 17.8. The van der Waals surface area contributed by atoms with E-state index in [0.717, 1.165) is 12.1 Å². The Morgan fingerprint density at radius 2 is 1.94 bits per heavy atom. The summed E-state index contributed by atoms with van der Waals surface area (Å²) in [6.07, 6.45) is -1.80. The topological polar surface area (TPSA) is 105 Å². The highest BCUT2D eigenvalue weighted by molar-refractivity contribution is 7.92. The molecule has 1 fully saturated rings. The van der Waals surface area contributed by atoms with Gasteiger partial charge in [-0.3, -0.25) is 9.78 Å². The number of likely N-dealkylation sites (tertiary alicyclic amines) is 1. The van der Waals surface area contributed by atoms with Gasteiger partial charge in [0, 0.05) is 19.5 Å². The summed E-state index contributed by atoms with van der Waals surface area (Å²) < 4.78 is 64.3. The Labute approximate surface area is 184 Å². The van der Waals surface area contributed by atoms with Gasteiger partial charge in [0.05, 0.1) is 15.2 Å². The first-order chi connectivity index (χ1) is 14.8. The van der Waals surface area contributed by atoms with Crippen LogP contribution in [0.3, 0.4) is 0 Å². The second-order valence-electron chi connectivity index (χ2n) is 8.58. The number of amides is 1. The molecular weight excluding hydrogens is 447 g/mol. The van der Waals surface area contributed by atoms with Crippen LogP contribution in [0.2, 0.25) is 0 Å². The minimum Gasteiger partial charge on any atom is -0.383 e. The first kappa shape index (κ1) is 24.2. The Morgan fingerprint density at radius 1 is 1.28 bits per heavy atom. The van der Waals surface area contributed by atoms with Gasteiger partial charge in [0.15, 0.2) is 9.84 Å². The fourth-order valence-electron chi connectivity index (χ4n) is 4.10. The predicted octanol–water partition coefficient (Wildman–Crippen LogP) is 2.24. The molecule has 3 N–H and O–H groups in total. The van der Waals surface area contributed by atoms with Gasteiger partial charge < -0.3 is 10.0 Å². The van der Waals surface area contributed by atoms with Gasteiger partial charge >= 0.3 is 6.18 Å². The number of sulfone groups is 1. The number of aliphatic hydroxyl groups is 1. The molecule has 2 heterocycles. The average Bonchev–Trinajstić information content (AvgIpc) is 3.25. The van der Waals surface area contributed by atoms with Crippen molar-refractivity contribution in [1.29, 1.82) is 0 Å². The SMILES string of the molecule is CC(C)(C1CCN(C(=O)[C@@H](O)Cc2c[nH+]c[nH]2)CC1)S(=O)(=O)c1cccc(C(F)(F)F)c1. The molecule has 2 aromatic rings. The molecule has 0 spiro atoms. The minimum atomic E-state index is -4.64. The Bertz CT molecular complexity index is 1040. The van der Waals surface area contributed by atoms with E-state index >= 15 is 0 Å². The summed E-state index contributed by atoms with van der Waals surface area (Å²) in [5.74, 6) is -0.794. The summed E-state index contributed by atoms with van der Waals surface area (Å²) >= 11 is 0. The second kappa shape index (κ2) is 8.86. The molecule has 3 rings (SSSR count). The number of piperidine rings is 1. The molecule has 1 amide bonds. The number of halogens is 3. The summed E-state index contributed by atoms with van der Waals surface area (Å²) in [6, 6.07) is 3.78. The van der Waals surface area contributed by atoms with Crippen molar-refractivity contribution < 1.29 is 36.5 Å². The zero-order valence-corrected chi connectivity index (χ0v) is 18.6. The van der Waals surface area contributed by atoms with Crippen molar-refractivity contribution >= 4 is 15.7 Å². The number of alkyl halides is 3. The molecule has 1 aliphatic rings. The number of hydrogen-bond donors (Lipinski definition) is 2. The van der Waals surface area contributed by atoms with E-state index in [9.17, 15) is 31.5 Å². The molecule has 0 radical (unpaired) electrons. The Balaban J connectivity index is 1.69. The molecule has 1 aliphatic heterocycles. The van der Waals surface area contributed by atoms with Crippen LogP contribution in [0.5, 0.6) is 0 Å². The van der Waals surface area contributed by atoms with Crippen LogP contribution in [0, 0.1) is 5.92 Å². The highest BCUT2D eigenvalue weighted by Crippen LogP contribution is 2.39. The van der Waals surface area contributed by atoms with Gasteiger partial charge in [0.2, 0.25) is 6.33 Å². The number of aliphatic hydroxyl groups excluding tert-OH is 1. The molecule has 0 unspecified atom stereocenters. The van der Waals surface area contributed by atoms with E-state index in [1.54, 1.807) is 12.5 Å². The van der Waals surface area contributed by atoms with E-state index in [1.807, 2.05) is 0 Å². The van der Waals surface area contributed by atoms with Crippen LogP contribution in [0.15, 0.2) is 41.7 Å². The molecule has 7 nitrogen and oxygen atoms in total. The van der Waals surface area contributed by atoms with Gasteiger partial charge in [-0.2, -0.15) is 13.2 Å². The lowest BCUT2D eigenvalue weighted by molar-refractivity contribution is -0.376. The number of aromatic nitrogens is 2. The molecule has 11 heteroatoms. The Morgan fingerprint density at radius 3 is 2.50 bits per heavy atom. The van der Waals surface area contributed by atoms with Crippen molar-refractivity contribution in [2.45, 2.75) is 55.0 Å². The van der Waals surface area contributed by atoms with Crippen LogP contribution in [0.4, 0.5) is 13.2 Å². The van der Waals surface area contributed by atoms with E-state index < -0.39 is 38.3 Å². The lowest BCUT2D eigenvalue weighted by Gasteiger charge is -2.40. The summed E-state index contributed by atoms with van der Waals surface area (Å²) in [6.45, 7) is 3.56. The number of imidazole rings is 1. The van der Waals surface area contributed by atoms with Crippen molar-refractivity contribution in [1.82, 2.24) is 9.88 Å². The molecule has 0 bridgehead atoms. The normalized spacial score (nSPS) is 17.4. The molecule has 1 aromatic heterocycles. The number of rotatable bonds is 6. The van der Waals surface area contributed by atoms with E-state index in [4.69, 9.17) is 0 Å². The van der Waals surface area contributed by atoms with Crippen LogP contribution in [-0.4, -0.2) is 53.3 Å². The number of carbonyl (C=O) groups excluding carboxylic acids is 1. The lowest BCUT2D eigenvalue weighted by Crippen LogP contribution is -2.50. The first-order valence-electron chi connectivity index (χ1n) is 10.3. The van der Waals surface area contributed by atoms with Crippen LogP contribution in [0.1, 0.15) is 37.9 Å². The van der Waals surface area contributed by atoms with E-state index in [-0.39, 0.29) is 30.3 Å². The maximum Gasteiger partial charge on any atom is 0.416 e. The maximum absolute atomic E-state index is 13.2. The smallest absolute Gasteiger partial charge is 0.383 e. The summed E-state index contributed by atoms with van der Waals surface area (Å²) in [7, 11) is -4.07. The number of hydrogen-bond acceptors (Lipinski definition) is 4. The van der Waals surface area contributed by atoms with E-state index in [0.29, 0.717) is 24.6 Å². The minimum absolute atomic E-state index is 0.123. The third-order valence-corrected chi connectivity index (χ3v) is 8.84. The number of nitrogens with zero attached hydrogens (tertiary/aromatic N) is 1. The monoisotopic (exact) mass is 474 g/mol. The number of carbonyl (C=O) groups is 1. The Hall–Kier alpha value is -2.40. The molecule has 1 aromatic carbocycles. The largest absolute Gasteiger partial charge is 0.416 e. The Kier molecular flexibility index (Phi) is 6.71. The van der Waals surface area contributed by atoms with Gasteiger partial charge in [-0.15, -0.1) is 0 Å². The fraction of sp³-hybridized carbons (Fsp3) is 0.524. The number of nitrogens with one attached hydrogen (secondary N) is 2. The van der Waals surface area contributed by atoms with Crippen LogP contribution in [-0.2, 0) is 27.2 Å². The summed E-state index contributed by atoms with van der Waals surface area (Å²) in [4.78, 5) is 19.4. The zero-order chi connectivity index (χ0) is 23.7.